The second kappa shape index (κ2) is 7.43. The van der Waals surface area contributed by atoms with Crippen molar-refractivity contribution in [3.63, 3.8) is 0 Å². The summed E-state index contributed by atoms with van der Waals surface area (Å²) in [4.78, 5) is 21.1. The Labute approximate surface area is 161 Å². The van der Waals surface area contributed by atoms with E-state index in [-0.39, 0.29) is 5.56 Å². The molecule has 6 nitrogen and oxygen atoms in total. The van der Waals surface area contributed by atoms with Crippen LogP contribution in [-0.4, -0.2) is 19.5 Å². The minimum Gasteiger partial charge on any atom is -0.338 e. The van der Waals surface area contributed by atoms with Gasteiger partial charge in [0.1, 0.15) is 5.65 Å². The highest BCUT2D eigenvalue weighted by Crippen LogP contribution is 2.19. The molecule has 0 bridgehead atoms. The number of thioether (sulfide) groups is 1. The highest BCUT2D eigenvalue weighted by molar-refractivity contribution is 9.10. The van der Waals surface area contributed by atoms with Crippen molar-refractivity contribution < 1.29 is 4.52 Å². The van der Waals surface area contributed by atoms with Crippen molar-refractivity contribution in [1.29, 1.82) is 0 Å². The molecule has 3 aromatic heterocycles. The van der Waals surface area contributed by atoms with Gasteiger partial charge in [-0.25, -0.2) is 4.98 Å². The normalized spacial score (nSPS) is 11.1. The van der Waals surface area contributed by atoms with E-state index in [0.29, 0.717) is 28.9 Å². The third-order valence-electron chi connectivity index (χ3n) is 3.65. The molecule has 8 heteroatoms. The van der Waals surface area contributed by atoms with E-state index < -0.39 is 0 Å². The molecule has 130 valence electrons. The van der Waals surface area contributed by atoms with Crippen LogP contribution in [-0.2, 0) is 11.5 Å². The monoisotopic (exact) mass is 428 g/mol. The van der Waals surface area contributed by atoms with E-state index in [2.05, 4.69) is 31.1 Å². The Kier molecular flexibility index (Phi) is 4.85. The number of rotatable bonds is 5. The van der Waals surface area contributed by atoms with Gasteiger partial charge in [0.05, 0.1) is 11.4 Å². The van der Waals surface area contributed by atoms with E-state index in [1.807, 2.05) is 42.5 Å². The number of aromatic nitrogens is 4. The van der Waals surface area contributed by atoms with Crippen molar-refractivity contribution >= 4 is 33.3 Å². The molecule has 0 saturated heterocycles. The molecule has 26 heavy (non-hydrogen) atoms. The Balaban J connectivity index is 1.44. The van der Waals surface area contributed by atoms with Gasteiger partial charge in [-0.1, -0.05) is 35.5 Å². The summed E-state index contributed by atoms with van der Waals surface area (Å²) < 4.78 is 7.64. The standard InChI is InChI=1S/C18H13BrN4O2S/c19-13-6-7-15-20-14(8-17(24)23(15)9-13)10-26-11-16-21-18(22-25-16)12-4-2-1-3-5-12/h1-9H,10-11H2. The molecule has 0 unspecified atom stereocenters. The molecule has 0 aliphatic carbocycles. The third kappa shape index (κ3) is 3.71. The molecular formula is C18H13BrN4O2S. The van der Waals surface area contributed by atoms with Crippen molar-refractivity contribution in [1.82, 2.24) is 19.5 Å². The van der Waals surface area contributed by atoms with Gasteiger partial charge >= 0.3 is 0 Å². The summed E-state index contributed by atoms with van der Waals surface area (Å²) in [6.45, 7) is 0. The molecule has 1 aromatic carbocycles. The maximum absolute atomic E-state index is 12.2. The second-order valence-corrected chi connectivity index (χ2v) is 7.43. The topological polar surface area (TPSA) is 73.3 Å². The van der Waals surface area contributed by atoms with Crippen molar-refractivity contribution in [3.8, 4) is 11.4 Å². The average molecular weight is 429 g/mol. The van der Waals surface area contributed by atoms with Crippen LogP contribution in [0.25, 0.3) is 17.0 Å². The zero-order chi connectivity index (χ0) is 17.9. The van der Waals surface area contributed by atoms with Crippen LogP contribution in [0, 0.1) is 0 Å². The van der Waals surface area contributed by atoms with Crippen molar-refractivity contribution in [2.75, 3.05) is 0 Å². The lowest BCUT2D eigenvalue weighted by Gasteiger charge is -2.03. The molecule has 0 aliphatic heterocycles. The van der Waals surface area contributed by atoms with Crippen molar-refractivity contribution in [3.05, 3.63) is 81.1 Å². The van der Waals surface area contributed by atoms with Crippen LogP contribution in [0.3, 0.4) is 0 Å². The van der Waals surface area contributed by atoms with Crippen molar-refractivity contribution in [2.45, 2.75) is 11.5 Å². The predicted octanol–water partition coefficient (Wildman–Crippen LogP) is 3.94. The van der Waals surface area contributed by atoms with Crippen LogP contribution >= 0.6 is 27.7 Å². The molecule has 0 fully saturated rings. The van der Waals surface area contributed by atoms with Gasteiger partial charge in [0, 0.05) is 28.1 Å². The number of nitrogens with zero attached hydrogens (tertiary/aromatic N) is 4. The summed E-state index contributed by atoms with van der Waals surface area (Å²) in [6, 6.07) is 14.9. The number of pyridine rings is 1. The molecule has 4 rings (SSSR count). The molecule has 0 amide bonds. The summed E-state index contributed by atoms with van der Waals surface area (Å²) >= 11 is 4.93. The summed E-state index contributed by atoms with van der Waals surface area (Å²) in [7, 11) is 0. The molecule has 3 heterocycles. The van der Waals surface area contributed by atoms with Crippen LogP contribution in [0.2, 0.25) is 0 Å². The van der Waals surface area contributed by atoms with Gasteiger partial charge in [0.15, 0.2) is 0 Å². The van der Waals surface area contributed by atoms with E-state index in [1.165, 1.54) is 4.40 Å². The highest BCUT2D eigenvalue weighted by atomic mass is 79.9. The highest BCUT2D eigenvalue weighted by Gasteiger charge is 2.09. The van der Waals surface area contributed by atoms with Crippen LogP contribution in [0.5, 0.6) is 0 Å². The van der Waals surface area contributed by atoms with Gasteiger partial charge in [-0.15, -0.1) is 11.8 Å². The predicted molar refractivity (Wildman–Crippen MR) is 104 cm³/mol. The maximum atomic E-state index is 12.2. The Morgan fingerprint density at radius 1 is 1.08 bits per heavy atom. The zero-order valence-corrected chi connectivity index (χ0v) is 15.9. The summed E-state index contributed by atoms with van der Waals surface area (Å²) in [6.07, 6.45) is 1.71. The first-order valence-electron chi connectivity index (χ1n) is 7.83. The number of hydrogen-bond acceptors (Lipinski definition) is 6. The number of halogens is 1. The maximum Gasteiger partial charge on any atom is 0.258 e. The van der Waals surface area contributed by atoms with Gasteiger partial charge in [-0.05, 0) is 28.1 Å². The molecular weight excluding hydrogens is 416 g/mol. The quantitative estimate of drug-likeness (QED) is 0.479. The van der Waals surface area contributed by atoms with Gasteiger partial charge in [-0.3, -0.25) is 9.20 Å². The van der Waals surface area contributed by atoms with Crippen LogP contribution in [0.15, 0.2) is 68.5 Å². The lowest BCUT2D eigenvalue weighted by atomic mass is 10.2. The van der Waals surface area contributed by atoms with Gasteiger partial charge in [-0.2, -0.15) is 4.98 Å². The SMILES string of the molecule is O=c1cc(CSCc2nc(-c3ccccc3)no2)nc2ccc(Br)cn12. The first-order chi connectivity index (χ1) is 12.7. The second-order valence-electron chi connectivity index (χ2n) is 5.53. The van der Waals surface area contributed by atoms with Crippen molar-refractivity contribution in [2.24, 2.45) is 0 Å². The van der Waals surface area contributed by atoms with Gasteiger partial charge < -0.3 is 4.52 Å². The molecule has 0 N–H and O–H groups in total. The van der Waals surface area contributed by atoms with E-state index in [4.69, 9.17) is 4.52 Å². The Morgan fingerprint density at radius 2 is 1.92 bits per heavy atom. The number of hydrogen-bond donors (Lipinski definition) is 0. The van der Waals surface area contributed by atoms with Crippen LogP contribution < -0.4 is 5.56 Å². The van der Waals surface area contributed by atoms with E-state index >= 15 is 0 Å². The molecule has 0 radical (unpaired) electrons. The first kappa shape index (κ1) is 17.0. The molecule has 0 saturated carbocycles. The van der Waals surface area contributed by atoms with E-state index in [0.717, 1.165) is 15.7 Å². The third-order valence-corrected chi connectivity index (χ3v) is 5.07. The van der Waals surface area contributed by atoms with E-state index in [9.17, 15) is 4.79 Å². The molecule has 0 aliphatic rings. The number of fused-ring (bicyclic) bond motifs is 1. The fourth-order valence-electron chi connectivity index (χ4n) is 2.46. The summed E-state index contributed by atoms with van der Waals surface area (Å²) in [5, 5.41) is 4.00. The summed E-state index contributed by atoms with van der Waals surface area (Å²) in [5.41, 5.74) is 2.17. The van der Waals surface area contributed by atoms with E-state index in [1.54, 1.807) is 24.0 Å². The van der Waals surface area contributed by atoms with Crippen LogP contribution in [0.1, 0.15) is 11.6 Å². The lowest BCUT2D eigenvalue weighted by molar-refractivity contribution is 0.391. The Morgan fingerprint density at radius 3 is 2.77 bits per heavy atom. The summed E-state index contributed by atoms with van der Waals surface area (Å²) in [5.74, 6) is 2.27. The zero-order valence-electron chi connectivity index (χ0n) is 13.5. The minimum absolute atomic E-state index is 0.101. The lowest BCUT2D eigenvalue weighted by Crippen LogP contribution is -2.15. The fraction of sp³-hybridized carbons (Fsp3) is 0.111. The van der Waals surface area contributed by atoms with Gasteiger partial charge in [0.25, 0.3) is 5.56 Å². The largest absolute Gasteiger partial charge is 0.338 e. The first-order valence-corrected chi connectivity index (χ1v) is 9.77. The Bertz CT molecular complexity index is 1110. The van der Waals surface area contributed by atoms with Crippen LogP contribution in [0.4, 0.5) is 0 Å². The van der Waals surface area contributed by atoms with Gasteiger partial charge in [0.2, 0.25) is 11.7 Å². The number of benzene rings is 1. The average Bonchev–Trinajstić information content (AvgIpc) is 3.12. The Hall–Kier alpha value is -2.45. The molecule has 4 aromatic rings. The fourth-order valence-corrected chi connectivity index (χ4v) is 3.55. The smallest absolute Gasteiger partial charge is 0.258 e. The molecule has 0 spiro atoms. The molecule has 0 atom stereocenters. The minimum atomic E-state index is -0.101.